The summed E-state index contributed by atoms with van der Waals surface area (Å²) in [5, 5.41) is 23.0. The molecular weight excluding hydrogens is 432 g/mol. The fourth-order valence-corrected chi connectivity index (χ4v) is 4.07. The van der Waals surface area contributed by atoms with Crippen molar-refractivity contribution in [3.8, 4) is 22.6 Å². The number of carboxylic acids is 1. The van der Waals surface area contributed by atoms with Gasteiger partial charge in [0, 0.05) is 31.0 Å². The average molecular weight is 463 g/mol. The molecule has 0 spiro atoms. The van der Waals surface area contributed by atoms with Gasteiger partial charge in [-0.05, 0) is 73.7 Å². The van der Waals surface area contributed by atoms with E-state index in [0.29, 0.717) is 18.8 Å². The number of nitrogens with zero attached hydrogens (tertiary/aromatic N) is 1. The zero-order valence-electron chi connectivity index (χ0n) is 19.4. The molecule has 0 aliphatic carbocycles. The third kappa shape index (κ3) is 5.73. The summed E-state index contributed by atoms with van der Waals surface area (Å²) in [6.07, 6.45) is 4.40. The van der Waals surface area contributed by atoms with Crippen LogP contribution < -0.4 is 14.8 Å². The van der Waals surface area contributed by atoms with E-state index < -0.39 is 12.1 Å². The van der Waals surface area contributed by atoms with Crippen molar-refractivity contribution >= 4 is 5.97 Å². The molecule has 2 atom stereocenters. The second-order valence-corrected chi connectivity index (χ2v) is 8.74. The van der Waals surface area contributed by atoms with E-state index in [0.717, 1.165) is 40.8 Å². The van der Waals surface area contributed by atoms with Crippen molar-refractivity contribution in [2.45, 2.75) is 45.0 Å². The molecule has 3 aromatic rings. The number of carboxylic acid groups (broad SMARTS) is 1. The number of aromatic nitrogens is 1. The van der Waals surface area contributed by atoms with Crippen molar-refractivity contribution < 1.29 is 24.5 Å². The Labute approximate surface area is 199 Å². The van der Waals surface area contributed by atoms with Crippen LogP contribution in [-0.4, -0.2) is 46.5 Å². The molecule has 1 aromatic heterocycles. The lowest BCUT2D eigenvalue weighted by molar-refractivity contribution is 0.0690. The number of hydrogen-bond acceptors (Lipinski definition) is 6. The number of pyridine rings is 1. The second kappa shape index (κ2) is 10.7. The molecule has 0 saturated carbocycles. The van der Waals surface area contributed by atoms with Crippen molar-refractivity contribution in [3.63, 3.8) is 0 Å². The lowest BCUT2D eigenvalue weighted by atomic mass is 9.96. The van der Waals surface area contributed by atoms with Gasteiger partial charge in [-0.25, -0.2) is 4.79 Å². The van der Waals surface area contributed by atoms with Crippen LogP contribution in [0.1, 0.15) is 47.9 Å². The van der Waals surface area contributed by atoms with Crippen LogP contribution in [0.15, 0.2) is 60.9 Å². The van der Waals surface area contributed by atoms with Crippen molar-refractivity contribution in [1.82, 2.24) is 10.3 Å². The summed E-state index contributed by atoms with van der Waals surface area (Å²) in [7, 11) is 0. The zero-order valence-corrected chi connectivity index (χ0v) is 19.4. The number of fused-ring (bicyclic) bond motifs is 1. The molecule has 178 valence electrons. The Morgan fingerprint density at radius 3 is 2.74 bits per heavy atom. The Morgan fingerprint density at radius 2 is 2.00 bits per heavy atom. The van der Waals surface area contributed by atoms with Gasteiger partial charge < -0.3 is 25.0 Å². The molecule has 0 radical (unpaired) electrons. The number of carbonyl (C=O) groups is 1. The number of benzene rings is 2. The van der Waals surface area contributed by atoms with Crippen molar-refractivity contribution in [1.29, 1.82) is 0 Å². The first-order valence-electron chi connectivity index (χ1n) is 11.5. The summed E-state index contributed by atoms with van der Waals surface area (Å²) >= 11 is 0. The van der Waals surface area contributed by atoms with E-state index >= 15 is 0 Å². The molecule has 0 bridgehead atoms. The SMILES string of the molecule is CC(C)Oc1cc(-c2ccc3c(c2)CC[C@H](CNC[C@@H](O)c2cccnc2)O3)ccc1C(=O)O. The smallest absolute Gasteiger partial charge is 0.339 e. The van der Waals surface area contributed by atoms with E-state index in [1.807, 2.05) is 44.2 Å². The number of hydrogen-bond donors (Lipinski definition) is 3. The molecule has 7 heteroatoms. The highest BCUT2D eigenvalue weighted by Crippen LogP contribution is 2.34. The lowest BCUT2D eigenvalue weighted by Crippen LogP contribution is -2.36. The van der Waals surface area contributed by atoms with Crippen LogP contribution in [0.5, 0.6) is 11.5 Å². The summed E-state index contributed by atoms with van der Waals surface area (Å²) in [5.41, 5.74) is 3.96. The minimum Gasteiger partial charge on any atom is -0.490 e. The number of aryl methyl sites for hydroxylation is 1. The van der Waals surface area contributed by atoms with Crippen molar-refractivity contribution in [2.75, 3.05) is 13.1 Å². The maximum absolute atomic E-state index is 11.5. The van der Waals surface area contributed by atoms with Crippen LogP contribution in [0.3, 0.4) is 0 Å². The third-order valence-corrected chi connectivity index (χ3v) is 5.78. The highest BCUT2D eigenvalue weighted by Gasteiger charge is 2.21. The van der Waals surface area contributed by atoms with Crippen molar-refractivity contribution in [3.05, 3.63) is 77.6 Å². The molecule has 1 aliphatic heterocycles. The Hall–Kier alpha value is -3.42. The normalized spacial score (nSPS) is 15.9. The average Bonchev–Trinajstić information content (AvgIpc) is 2.83. The van der Waals surface area contributed by atoms with Gasteiger partial charge in [0.15, 0.2) is 0 Å². The first kappa shape index (κ1) is 23.7. The Balaban J connectivity index is 1.40. The summed E-state index contributed by atoms with van der Waals surface area (Å²) in [5.74, 6) is 0.220. The van der Waals surface area contributed by atoms with E-state index in [4.69, 9.17) is 9.47 Å². The van der Waals surface area contributed by atoms with Crippen LogP contribution in [0.2, 0.25) is 0 Å². The van der Waals surface area contributed by atoms with Crippen LogP contribution >= 0.6 is 0 Å². The maximum Gasteiger partial charge on any atom is 0.339 e. The van der Waals surface area contributed by atoms with Crippen LogP contribution in [-0.2, 0) is 6.42 Å². The van der Waals surface area contributed by atoms with E-state index in [9.17, 15) is 15.0 Å². The van der Waals surface area contributed by atoms with E-state index in [1.54, 1.807) is 24.5 Å². The maximum atomic E-state index is 11.5. The second-order valence-electron chi connectivity index (χ2n) is 8.74. The van der Waals surface area contributed by atoms with Gasteiger partial charge in [0.05, 0.1) is 12.2 Å². The Bertz CT molecular complexity index is 1130. The predicted molar refractivity (Wildman–Crippen MR) is 129 cm³/mol. The van der Waals surface area contributed by atoms with E-state index in [1.165, 1.54) is 0 Å². The summed E-state index contributed by atoms with van der Waals surface area (Å²) in [6, 6.07) is 14.9. The van der Waals surface area contributed by atoms with Gasteiger partial charge in [-0.1, -0.05) is 18.2 Å². The standard InChI is InChI=1S/C27H30N2O5/c1-17(2)33-26-13-19(6-9-23(26)27(31)32)18-7-10-25-20(12-18)5-8-22(34-25)15-29-16-24(30)21-4-3-11-28-14-21/h3-4,6-7,9-14,17,22,24,29-30H,5,8,15-16H2,1-2H3,(H,31,32)/t22-,24-/m1/s1. The molecule has 0 unspecified atom stereocenters. The molecule has 0 fully saturated rings. The first-order valence-corrected chi connectivity index (χ1v) is 11.5. The number of aliphatic hydroxyl groups is 1. The van der Waals surface area contributed by atoms with Gasteiger partial charge >= 0.3 is 5.97 Å². The third-order valence-electron chi connectivity index (χ3n) is 5.78. The van der Waals surface area contributed by atoms with Gasteiger partial charge in [0.1, 0.15) is 23.2 Å². The van der Waals surface area contributed by atoms with Gasteiger partial charge in [0.25, 0.3) is 0 Å². The quantitative estimate of drug-likeness (QED) is 0.437. The molecular formula is C27H30N2O5. The number of aromatic carboxylic acids is 1. The Kier molecular flexibility index (Phi) is 7.45. The summed E-state index contributed by atoms with van der Waals surface area (Å²) in [6.45, 7) is 4.83. The van der Waals surface area contributed by atoms with Gasteiger partial charge in [-0.3, -0.25) is 4.98 Å². The molecule has 7 nitrogen and oxygen atoms in total. The molecule has 0 saturated heterocycles. The Morgan fingerprint density at radius 1 is 1.21 bits per heavy atom. The van der Waals surface area contributed by atoms with Crippen molar-refractivity contribution in [2.24, 2.45) is 0 Å². The zero-order chi connectivity index (χ0) is 24.1. The molecule has 1 aliphatic rings. The molecule has 0 amide bonds. The highest BCUT2D eigenvalue weighted by molar-refractivity contribution is 5.92. The summed E-state index contributed by atoms with van der Waals surface area (Å²) < 4.78 is 11.9. The topological polar surface area (TPSA) is 101 Å². The van der Waals surface area contributed by atoms with Gasteiger partial charge in [-0.2, -0.15) is 0 Å². The molecule has 2 aromatic carbocycles. The largest absolute Gasteiger partial charge is 0.490 e. The number of aliphatic hydroxyl groups excluding tert-OH is 1. The van der Waals surface area contributed by atoms with Crippen LogP contribution in [0, 0.1) is 0 Å². The predicted octanol–water partition coefficient (Wildman–Crippen LogP) is 4.25. The van der Waals surface area contributed by atoms with Crippen LogP contribution in [0.25, 0.3) is 11.1 Å². The fourth-order valence-electron chi connectivity index (χ4n) is 4.07. The number of rotatable bonds is 9. The number of ether oxygens (including phenoxy) is 2. The minimum absolute atomic E-state index is 0.0281. The van der Waals surface area contributed by atoms with E-state index in [2.05, 4.69) is 16.4 Å². The summed E-state index contributed by atoms with van der Waals surface area (Å²) in [4.78, 5) is 15.6. The fraction of sp³-hybridized carbons (Fsp3) is 0.333. The molecule has 3 N–H and O–H groups in total. The number of nitrogens with one attached hydrogen (secondary N) is 1. The van der Waals surface area contributed by atoms with Gasteiger partial charge in [0.2, 0.25) is 0 Å². The van der Waals surface area contributed by atoms with Crippen LogP contribution in [0.4, 0.5) is 0 Å². The first-order chi connectivity index (χ1) is 16.4. The lowest BCUT2D eigenvalue weighted by Gasteiger charge is -2.27. The molecule has 2 heterocycles. The van der Waals surface area contributed by atoms with Gasteiger partial charge in [-0.15, -0.1) is 0 Å². The van der Waals surface area contributed by atoms with E-state index in [-0.39, 0.29) is 17.8 Å². The monoisotopic (exact) mass is 462 g/mol. The minimum atomic E-state index is -1.01. The molecule has 34 heavy (non-hydrogen) atoms. The molecule has 4 rings (SSSR count). The highest BCUT2D eigenvalue weighted by atomic mass is 16.5.